The minimum Gasteiger partial charge on any atom is -0.491 e. The maximum Gasteiger partial charge on any atom is 0.124 e. The summed E-state index contributed by atoms with van der Waals surface area (Å²) in [6.07, 6.45) is 0. The number of fused-ring (bicyclic) bond motifs is 1. The van der Waals surface area contributed by atoms with Crippen LogP contribution in [0.5, 0.6) is 5.75 Å². The second kappa shape index (κ2) is 6.73. The van der Waals surface area contributed by atoms with Crippen molar-refractivity contribution in [3.8, 4) is 5.75 Å². The smallest absolute Gasteiger partial charge is 0.124 e. The van der Waals surface area contributed by atoms with Crippen LogP contribution >= 0.6 is 0 Å². The molecule has 1 aromatic carbocycles. The summed E-state index contributed by atoms with van der Waals surface area (Å²) in [6, 6.07) is 6.26. The van der Waals surface area contributed by atoms with E-state index in [2.05, 4.69) is 24.1 Å². The van der Waals surface area contributed by atoms with E-state index < -0.39 is 0 Å². The van der Waals surface area contributed by atoms with E-state index in [0.29, 0.717) is 26.4 Å². The average Bonchev–Trinajstić information content (AvgIpc) is 2.74. The quantitative estimate of drug-likeness (QED) is 0.690. The van der Waals surface area contributed by atoms with Gasteiger partial charge in [0.2, 0.25) is 0 Å². The number of methoxy groups -OCH3 is 1. The molecular weight excluding hydrogens is 230 g/mol. The highest BCUT2D eigenvalue weighted by Gasteiger charge is 2.18. The van der Waals surface area contributed by atoms with Crippen molar-refractivity contribution in [1.29, 1.82) is 0 Å². The fraction of sp³-hybridized carbons (Fsp3) is 0.571. The summed E-state index contributed by atoms with van der Waals surface area (Å²) < 4.78 is 16.1. The predicted octanol–water partition coefficient (Wildman–Crippen LogP) is 1.67. The molecular formula is C14H21NO3. The van der Waals surface area contributed by atoms with E-state index in [1.807, 2.05) is 6.07 Å². The van der Waals surface area contributed by atoms with Gasteiger partial charge in [-0.15, -0.1) is 0 Å². The van der Waals surface area contributed by atoms with Gasteiger partial charge in [0.05, 0.1) is 19.8 Å². The zero-order valence-corrected chi connectivity index (χ0v) is 11.1. The number of ether oxygens (including phenoxy) is 3. The Morgan fingerprint density at radius 1 is 1.11 bits per heavy atom. The SMILES string of the molecule is COCCOCCOc1cccc2c1CN(C)C2. The maximum atomic E-state index is 5.78. The lowest BCUT2D eigenvalue weighted by Gasteiger charge is -2.11. The van der Waals surface area contributed by atoms with Crippen molar-refractivity contribution in [1.82, 2.24) is 4.90 Å². The lowest BCUT2D eigenvalue weighted by atomic mass is 10.1. The molecule has 0 aromatic heterocycles. The first-order valence-electron chi connectivity index (χ1n) is 6.30. The van der Waals surface area contributed by atoms with Crippen molar-refractivity contribution >= 4 is 0 Å². The number of rotatable bonds is 7. The summed E-state index contributed by atoms with van der Waals surface area (Å²) in [4.78, 5) is 2.28. The van der Waals surface area contributed by atoms with Crippen molar-refractivity contribution in [3.63, 3.8) is 0 Å². The second-order valence-corrected chi connectivity index (χ2v) is 4.52. The molecule has 0 aliphatic carbocycles. The van der Waals surface area contributed by atoms with Gasteiger partial charge in [-0.3, -0.25) is 4.90 Å². The normalized spacial score (nSPS) is 14.8. The summed E-state index contributed by atoms with van der Waals surface area (Å²) in [5.74, 6) is 0.993. The molecule has 0 spiro atoms. The highest BCUT2D eigenvalue weighted by Crippen LogP contribution is 2.29. The van der Waals surface area contributed by atoms with Gasteiger partial charge in [-0.1, -0.05) is 12.1 Å². The molecule has 4 heteroatoms. The molecule has 1 aliphatic rings. The third kappa shape index (κ3) is 3.45. The molecule has 18 heavy (non-hydrogen) atoms. The fourth-order valence-corrected chi connectivity index (χ4v) is 2.15. The third-order valence-electron chi connectivity index (χ3n) is 3.02. The Kier molecular flexibility index (Phi) is 4.99. The molecule has 0 bridgehead atoms. The van der Waals surface area contributed by atoms with E-state index in [-0.39, 0.29) is 0 Å². The highest BCUT2D eigenvalue weighted by molar-refractivity contribution is 5.42. The van der Waals surface area contributed by atoms with Crippen LogP contribution in [-0.4, -0.2) is 45.5 Å². The summed E-state index contributed by atoms with van der Waals surface area (Å²) in [6.45, 7) is 4.42. The van der Waals surface area contributed by atoms with E-state index in [0.717, 1.165) is 18.8 Å². The molecule has 0 fully saturated rings. The molecule has 0 saturated heterocycles. The Morgan fingerprint density at radius 3 is 2.78 bits per heavy atom. The van der Waals surface area contributed by atoms with Crippen LogP contribution in [0, 0.1) is 0 Å². The van der Waals surface area contributed by atoms with Gasteiger partial charge in [0.15, 0.2) is 0 Å². The van der Waals surface area contributed by atoms with Crippen LogP contribution in [0.25, 0.3) is 0 Å². The number of hydrogen-bond acceptors (Lipinski definition) is 4. The zero-order valence-electron chi connectivity index (χ0n) is 11.1. The van der Waals surface area contributed by atoms with Gasteiger partial charge in [0, 0.05) is 25.8 Å². The first kappa shape index (κ1) is 13.3. The van der Waals surface area contributed by atoms with Gasteiger partial charge < -0.3 is 14.2 Å². The molecule has 1 aliphatic heterocycles. The van der Waals surface area contributed by atoms with Gasteiger partial charge in [0.1, 0.15) is 12.4 Å². The van der Waals surface area contributed by atoms with Crippen LogP contribution < -0.4 is 4.74 Å². The molecule has 0 atom stereocenters. The Balaban J connectivity index is 1.78. The third-order valence-corrected chi connectivity index (χ3v) is 3.02. The Hall–Kier alpha value is -1.10. The topological polar surface area (TPSA) is 30.9 Å². The fourth-order valence-electron chi connectivity index (χ4n) is 2.15. The minimum atomic E-state index is 0.587. The molecule has 0 radical (unpaired) electrons. The molecule has 2 rings (SSSR count). The molecule has 0 unspecified atom stereocenters. The van der Waals surface area contributed by atoms with E-state index in [4.69, 9.17) is 14.2 Å². The molecule has 0 saturated carbocycles. The average molecular weight is 251 g/mol. The first-order valence-corrected chi connectivity index (χ1v) is 6.30. The van der Waals surface area contributed by atoms with Crippen molar-refractivity contribution in [2.75, 3.05) is 40.6 Å². The van der Waals surface area contributed by atoms with E-state index in [9.17, 15) is 0 Å². The minimum absolute atomic E-state index is 0.587. The van der Waals surface area contributed by atoms with Gasteiger partial charge in [0.25, 0.3) is 0 Å². The molecule has 0 amide bonds. The van der Waals surface area contributed by atoms with Crippen LogP contribution in [0.3, 0.4) is 0 Å². The van der Waals surface area contributed by atoms with Crippen LogP contribution in [-0.2, 0) is 22.6 Å². The number of nitrogens with zero attached hydrogens (tertiary/aromatic N) is 1. The lowest BCUT2D eigenvalue weighted by Crippen LogP contribution is -2.11. The molecule has 4 nitrogen and oxygen atoms in total. The summed E-state index contributed by atoms with van der Waals surface area (Å²) in [5, 5.41) is 0. The zero-order chi connectivity index (χ0) is 12.8. The van der Waals surface area contributed by atoms with Crippen molar-refractivity contribution < 1.29 is 14.2 Å². The summed E-state index contributed by atoms with van der Waals surface area (Å²) in [5.41, 5.74) is 2.69. The van der Waals surface area contributed by atoms with Crippen molar-refractivity contribution in [2.45, 2.75) is 13.1 Å². The number of hydrogen-bond donors (Lipinski definition) is 0. The van der Waals surface area contributed by atoms with Crippen LogP contribution in [0.2, 0.25) is 0 Å². The van der Waals surface area contributed by atoms with Crippen LogP contribution in [0.15, 0.2) is 18.2 Å². The molecule has 1 heterocycles. The van der Waals surface area contributed by atoms with Gasteiger partial charge >= 0.3 is 0 Å². The van der Waals surface area contributed by atoms with Gasteiger partial charge in [-0.2, -0.15) is 0 Å². The molecule has 100 valence electrons. The van der Waals surface area contributed by atoms with E-state index >= 15 is 0 Å². The van der Waals surface area contributed by atoms with Crippen LogP contribution in [0.4, 0.5) is 0 Å². The molecule has 0 N–H and O–H groups in total. The van der Waals surface area contributed by atoms with Gasteiger partial charge in [-0.05, 0) is 18.7 Å². The largest absolute Gasteiger partial charge is 0.491 e. The Morgan fingerprint density at radius 2 is 1.94 bits per heavy atom. The van der Waals surface area contributed by atoms with E-state index in [1.54, 1.807) is 7.11 Å². The van der Waals surface area contributed by atoms with Crippen molar-refractivity contribution in [2.24, 2.45) is 0 Å². The highest BCUT2D eigenvalue weighted by atomic mass is 16.5. The monoisotopic (exact) mass is 251 g/mol. The summed E-state index contributed by atoms with van der Waals surface area (Å²) >= 11 is 0. The summed E-state index contributed by atoms with van der Waals surface area (Å²) in [7, 11) is 3.79. The Bertz CT molecular complexity index is 381. The second-order valence-electron chi connectivity index (χ2n) is 4.52. The maximum absolute atomic E-state index is 5.78. The van der Waals surface area contributed by atoms with Crippen molar-refractivity contribution in [3.05, 3.63) is 29.3 Å². The van der Waals surface area contributed by atoms with Crippen LogP contribution in [0.1, 0.15) is 11.1 Å². The lowest BCUT2D eigenvalue weighted by molar-refractivity contribution is 0.0542. The Labute approximate surface area is 108 Å². The predicted molar refractivity (Wildman–Crippen MR) is 69.8 cm³/mol. The number of benzene rings is 1. The van der Waals surface area contributed by atoms with E-state index in [1.165, 1.54) is 11.1 Å². The molecule has 1 aromatic rings. The van der Waals surface area contributed by atoms with Gasteiger partial charge in [-0.25, -0.2) is 0 Å². The standard InChI is InChI=1S/C14H21NO3/c1-15-10-12-4-3-5-14(13(12)11-15)18-9-8-17-7-6-16-2/h3-5H,6-11H2,1-2H3. The first-order chi connectivity index (χ1) is 8.81.